The standard InChI is InChI=1S/C34H25F3N2/c1-21-34-27(24-11-5-6-12-25(24)30-13-7-8-17-39(30)34)15-14-26-28(20-29(35)33(37)32(26)36)31-19-23(16-18-38(21)31)22-9-3-2-4-10-22/h2-13,16-20,27,34H,1,14-15H2/q+2. The van der Waals surface area contributed by atoms with E-state index in [0.29, 0.717) is 17.7 Å². The molecule has 39 heavy (non-hydrogen) atoms. The van der Waals surface area contributed by atoms with Gasteiger partial charge in [0.05, 0.1) is 11.5 Å². The van der Waals surface area contributed by atoms with Gasteiger partial charge in [-0.1, -0.05) is 48.5 Å². The lowest BCUT2D eigenvalue weighted by atomic mass is 9.78. The number of hydrogen-bond donors (Lipinski definition) is 0. The first kappa shape index (κ1) is 23.6. The summed E-state index contributed by atoms with van der Waals surface area (Å²) >= 11 is 0. The maximum Gasteiger partial charge on any atom is 0.249 e. The van der Waals surface area contributed by atoms with E-state index in [-0.39, 0.29) is 23.9 Å². The van der Waals surface area contributed by atoms with E-state index in [1.165, 1.54) is 0 Å². The van der Waals surface area contributed by atoms with Crippen molar-refractivity contribution < 1.29 is 22.3 Å². The molecule has 2 aliphatic rings. The van der Waals surface area contributed by atoms with Crippen molar-refractivity contribution in [3.63, 3.8) is 0 Å². The van der Waals surface area contributed by atoms with Crippen LogP contribution in [0.4, 0.5) is 13.2 Å². The van der Waals surface area contributed by atoms with Gasteiger partial charge in [0.15, 0.2) is 29.8 Å². The topological polar surface area (TPSA) is 7.76 Å². The third kappa shape index (κ3) is 3.64. The number of halogens is 3. The normalized spacial score (nSPS) is 17.5. The van der Waals surface area contributed by atoms with Gasteiger partial charge in [-0.25, -0.2) is 13.2 Å². The first-order chi connectivity index (χ1) is 19.0. The summed E-state index contributed by atoms with van der Waals surface area (Å²) in [6.45, 7) is 4.57. The van der Waals surface area contributed by atoms with Gasteiger partial charge in [0.1, 0.15) is 0 Å². The molecular weight excluding hydrogens is 493 g/mol. The molecule has 2 atom stereocenters. The number of hydrogen-bond acceptors (Lipinski definition) is 0. The molecule has 0 aliphatic carbocycles. The second-order valence-electron chi connectivity index (χ2n) is 10.2. The minimum absolute atomic E-state index is 0.0544. The maximum absolute atomic E-state index is 15.5. The predicted molar refractivity (Wildman–Crippen MR) is 145 cm³/mol. The van der Waals surface area contributed by atoms with Crippen molar-refractivity contribution in [1.82, 2.24) is 0 Å². The molecule has 0 saturated carbocycles. The van der Waals surface area contributed by atoms with Crippen LogP contribution in [0, 0.1) is 17.5 Å². The number of allylic oxidation sites excluding steroid dienone is 1. The molecule has 0 saturated heterocycles. The Morgan fingerprint density at radius 3 is 2.31 bits per heavy atom. The van der Waals surface area contributed by atoms with Crippen molar-refractivity contribution in [3.8, 4) is 33.6 Å². The van der Waals surface area contributed by atoms with Crippen molar-refractivity contribution in [2.75, 3.05) is 0 Å². The molecule has 0 fully saturated rings. The molecule has 0 bridgehead atoms. The molecule has 0 amide bonds. The van der Waals surface area contributed by atoms with Crippen LogP contribution in [0.3, 0.4) is 0 Å². The van der Waals surface area contributed by atoms with Crippen LogP contribution in [-0.4, -0.2) is 0 Å². The van der Waals surface area contributed by atoms with E-state index < -0.39 is 17.5 Å². The highest BCUT2D eigenvalue weighted by Crippen LogP contribution is 2.45. The quantitative estimate of drug-likeness (QED) is 0.161. The molecule has 0 spiro atoms. The monoisotopic (exact) mass is 518 g/mol. The zero-order valence-corrected chi connectivity index (χ0v) is 21.1. The molecule has 3 aromatic carbocycles. The van der Waals surface area contributed by atoms with Crippen LogP contribution in [0.5, 0.6) is 0 Å². The van der Waals surface area contributed by atoms with Gasteiger partial charge in [-0.3, -0.25) is 0 Å². The molecule has 2 aromatic heterocycles. The largest absolute Gasteiger partial charge is 0.249 e. The third-order valence-electron chi connectivity index (χ3n) is 8.16. The van der Waals surface area contributed by atoms with Gasteiger partial charge < -0.3 is 0 Å². The Kier molecular flexibility index (Phi) is 5.48. The summed E-state index contributed by atoms with van der Waals surface area (Å²) in [6, 6.07) is 29.0. The number of benzene rings is 3. The minimum Gasteiger partial charge on any atom is -0.204 e. The second-order valence-corrected chi connectivity index (χ2v) is 10.2. The fourth-order valence-electron chi connectivity index (χ4n) is 6.37. The number of pyridine rings is 2. The second kappa shape index (κ2) is 9.05. The van der Waals surface area contributed by atoms with Crippen LogP contribution in [-0.2, 0) is 6.42 Å². The van der Waals surface area contributed by atoms with Crippen LogP contribution in [0.1, 0.15) is 29.5 Å². The number of rotatable bonds is 1. The fraction of sp³-hybridized carbons (Fsp3) is 0.118. The smallest absolute Gasteiger partial charge is 0.204 e. The Hall–Kier alpha value is -4.51. The summed E-state index contributed by atoms with van der Waals surface area (Å²) < 4.78 is 49.1. The highest BCUT2D eigenvalue weighted by molar-refractivity contribution is 5.72. The molecule has 5 aromatic rings. The van der Waals surface area contributed by atoms with Gasteiger partial charge in [-0.2, -0.15) is 9.13 Å². The summed E-state index contributed by atoms with van der Waals surface area (Å²) in [5, 5.41) is 0. The van der Waals surface area contributed by atoms with Gasteiger partial charge in [0.2, 0.25) is 23.1 Å². The first-order valence-corrected chi connectivity index (χ1v) is 13.1. The predicted octanol–water partition coefficient (Wildman–Crippen LogP) is 7.44. The molecule has 7 rings (SSSR count). The SMILES string of the molecule is C=C1C2C(CCc3c(cc(F)c(F)c3F)-c3cc(-c4ccccc4)cc[n+]31)c1ccccc1-c1cccc[n+]12. The lowest BCUT2D eigenvalue weighted by Gasteiger charge is -2.29. The van der Waals surface area contributed by atoms with Gasteiger partial charge in [-0.15, -0.1) is 0 Å². The van der Waals surface area contributed by atoms with E-state index >= 15 is 4.39 Å². The van der Waals surface area contributed by atoms with Gasteiger partial charge in [0.25, 0.3) is 0 Å². The van der Waals surface area contributed by atoms with E-state index in [0.717, 1.165) is 39.7 Å². The van der Waals surface area contributed by atoms with Crippen LogP contribution < -0.4 is 9.13 Å². The summed E-state index contributed by atoms with van der Waals surface area (Å²) in [4.78, 5) is 0. The molecule has 0 N–H and O–H groups in total. The maximum atomic E-state index is 15.5. The zero-order chi connectivity index (χ0) is 26.7. The molecule has 5 heteroatoms. The molecule has 2 aliphatic heterocycles. The van der Waals surface area contributed by atoms with E-state index in [1.54, 1.807) is 0 Å². The summed E-state index contributed by atoms with van der Waals surface area (Å²) in [7, 11) is 0. The minimum atomic E-state index is -1.43. The van der Waals surface area contributed by atoms with Crippen LogP contribution in [0.2, 0.25) is 0 Å². The van der Waals surface area contributed by atoms with Crippen molar-refractivity contribution in [2.45, 2.75) is 24.8 Å². The van der Waals surface area contributed by atoms with Gasteiger partial charge >= 0.3 is 0 Å². The van der Waals surface area contributed by atoms with E-state index in [4.69, 9.17) is 0 Å². The Morgan fingerprint density at radius 1 is 0.692 bits per heavy atom. The van der Waals surface area contributed by atoms with Crippen molar-refractivity contribution in [2.24, 2.45) is 0 Å². The zero-order valence-electron chi connectivity index (χ0n) is 21.1. The van der Waals surface area contributed by atoms with Crippen LogP contribution >= 0.6 is 0 Å². The van der Waals surface area contributed by atoms with Crippen LogP contribution in [0.25, 0.3) is 39.3 Å². The third-order valence-corrected chi connectivity index (χ3v) is 8.16. The molecule has 0 radical (unpaired) electrons. The van der Waals surface area contributed by atoms with E-state index in [1.807, 2.05) is 77.5 Å². The average Bonchev–Trinajstić information content (AvgIpc) is 3.03. The molecule has 2 unspecified atom stereocenters. The Morgan fingerprint density at radius 2 is 1.46 bits per heavy atom. The highest BCUT2D eigenvalue weighted by Gasteiger charge is 2.47. The summed E-state index contributed by atoms with van der Waals surface area (Å²) in [5.41, 5.74) is 7.07. The number of nitrogens with zero attached hydrogens (tertiary/aromatic N) is 2. The molecular formula is C34H25F3N2+2. The van der Waals surface area contributed by atoms with Gasteiger partial charge in [0, 0.05) is 35.4 Å². The number of fused-ring (bicyclic) bond motifs is 9. The Bertz CT molecular complexity index is 1780. The fourth-order valence-corrected chi connectivity index (χ4v) is 6.37. The average molecular weight is 519 g/mol. The molecule has 190 valence electrons. The van der Waals surface area contributed by atoms with Crippen molar-refractivity contribution in [1.29, 1.82) is 0 Å². The molecule has 2 nitrogen and oxygen atoms in total. The summed E-state index contributed by atoms with van der Waals surface area (Å²) in [5.74, 6) is -3.81. The van der Waals surface area contributed by atoms with E-state index in [9.17, 15) is 8.78 Å². The Balaban J connectivity index is 1.53. The summed E-state index contributed by atoms with van der Waals surface area (Å²) in [6.07, 6.45) is 4.75. The van der Waals surface area contributed by atoms with Crippen LogP contribution in [0.15, 0.2) is 110 Å². The molecule has 4 heterocycles. The Labute approximate surface area is 225 Å². The lowest BCUT2D eigenvalue weighted by Crippen LogP contribution is -2.53. The number of aromatic nitrogens is 2. The van der Waals surface area contributed by atoms with Crippen molar-refractivity contribution >= 4 is 5.70 Å². The first-order valence-electron chi connectivity index (χ1n) is 13.1. The lowest BCUT2D eigenvalue weighted by molar-refractivity contribution is -0.727. The highest BCUT2D eigenvalue weighted by atomic mass is 19.2. The van der Waals surface area contributed by atoms with E-state index in [2.05, 4.69) is 35.5 Å². The van der Waals surface area contributed by atoms with Gasteiger partial charge in [-0.05, 0) is 54.3 Å². The van der Waals surface area contributed by atoms with Crippen molar-refractivity contribution in [3.05, 3.63) is 139 Å².